The Labute approximate surface area is 159 Å². The van der Waals surface area contributed by atoms with Crippen LogP contribution in [-0.2, 0) is 6.18 Å². The highest BCUT2D eigenvalue weighted by Crippen LogP contribution is 2.34. The zero-order chi connectivity index (χ0) is 19.3. The fourth-order valence-electron chi connectivity index (χ4n) is 2.09. The van der Waals surface area contributed by atoms with Gasteiger partial charge in [0.15, 0.2) is 0 Å². The summed E-state index contributed by atoms with van der Waals surface area (Å²) in [5, 5.41) is 6.24. The summed E-state index contributed by atoms with van der Waals surface area (Å²) in [6.07, 6.45) is -3.13. The van der Waals surface area contributed by atoms with Crippen molar-refractivity contribution in [2.24, 2.45) is 0 Å². The zero-order valence-electron chi connectivity index (χ0n) is 14.2. The molecular weight excluding hydrogens is 390 g/mol. The Morgan fingerprint density at radius 1 is 1.15 bits per heavy atom. The minimum absolute atomic E-state index is 0.0199. The van der Waals surface area contributed by atoms with Gasteiger partial charge in [-0.1, -0.05) is 23.2 Å². The van der Waals surface area contributed by atoms with Crippen LogP contribution in [0.2, 0.25) is 10.0 Å². The number of benzene rings is 1. The van der Waals surface area contributed by atoms with Gasteiger partial charge in [-0.2, -0.15) is 18.2 Å². The molecule has 0 spiro atoms. The van der Waals surface area contributed by atoms with Crippen molar-refractivity contribution in [1.82, 2.24) is 14.9 Å². The maximum absolute atomic E-state index is 13.2. The van der Waals surface area contributed by atoms with Crippen molar-refractivity contribution in [3.63, 3.8) is 0 Å². The standard InChI is InChI=1S/C16H18Cl2F3N5/c1-26(2)7-3-6-22-14-11(16(19,20)21)9-23-15(25-14)24-10-4-5-12(17)13(18)8-10/h4-5,8-9H,3,6-7H2,1-2H3,(H2,22,23,24,25). The van der Waals surface area contributed by atoms with Crippen LogP contribution >= 0.6 is 23.2 Å². The number of anilines is 3. The van der Waals surface area contributed by atoms with Crippen molar-refractivity contribution < 1.29 is 13.2 Å². The highest BCUT2D eigenvalue weighted by atomic mass is 35.5. The predicted molar refractivity (Wildman–Crippen MR) is 98.4 cm³/mol. The van der Waals surface area contributed by atoms with E-state index in [2.05, 4.69) is 20.6 Å². The molecule has 0 aliphatic carbocycles. The maximum Gasteiger partial charge on any atom is 0.421 e. The molecule has 0 saturated carbocycles. The van der Waals surface area contributed by atoms with Gasteiger partial charge in [0.05, 0.1) is 10.0 Å². The molecule has 1 aromatic heterocycles. The summed E-state index contributed by atoms with van der Waals surface area (Å²) in [5.74, 6) is -0.250. The minimum atomic E-state index is -4.55. The molecule has 2 rings (SSSR count). The Kier molecular flexibility index (Phi) is 6.91. The lowest BCUT2D eigenvalue weighted by atomic mass is 10.3. The minimum Gasteiger partial charge on any atom is -0.369 e. The first-order valence-corrected chi connectivity index (χ1v) is 8.47. The number of hydrogen-bond donors (Lipinski definition) is 2. The molecule has 0 radical (unpaired) electrons. The second-order valence-electron chi connectivity index (χ2n) is 5.79. The Morgan fingerprint density at radius 3 is 2.50 bits per heavy atom. The molecule has 0 atom stereocenters. The van der Waals surface area contributed by atoms with Crippen LogP contribution in [0.5, 0.6) is 0 Å². The molecule has 2 aromatic rings. The van der Waals surface area contributed by atoms with Gasteiger partial charge in [-0.05, 0) is 45.3 Å². The average Bonchev–Trinajstić information content (AvgIpc) is 2.54. The Bertz CT molecular complexity index is 753. The number of alkyl halides is 3. The number of hydrogen-bond acceptors (Lipinski definition) is 5. The van der Waals surface area contributed by atoms with E-state index in [4.69, 9.17) is 23.2 Å². The molecular formula is C16H18Cl2F3N5. The number of aromatic nitrogens is 2. The molecule has 10 heteroatoms. The van der Waals surface area contributed by atoms with Crippen molar-refractivity contribution in [3.05, 3.63) is 40.0 Å². The van der Waals surface area contributed by atoms with Gasteiger partial charge >= 0.3 is 6.18 Å². The van der Waals surface area contributed by atoms with E-state index in [1.165, 1.54) is 6.07 Å². The molecule has 1 aromatic carbocycles. The maximum atomic E-state index is 13.2. The lowest BCUT2D eigenvalue weighted by molar-refractivity contribution is -0.137. The first-order valence-electron chi connectivity index (χ1n) is 7.71. The van der Waals surface area contributed by atoms with Gasteiger partial charge in [0, 0.05) is 18.4 Å². The Hall–Kier alpha value is -1.77. The van der Waals surface area contributed by atoms with Crippen molar-refractivity contribution in [2.45, 2.75) is 12.6 Å². The first-order chi connectivity index (χ1) is 12.2. The Balaban J connectivity index is 2.19. The van der Waals surface area contributed by atoms with Gasteiger partial charge in [-0.25, -0.2) is 4.98 Å². The number of nitrogens with one attached hydrogen (secondary N) is 2. The van der Waals surface area contributed by atoms with Gasteiger partial charge in [0.1, 0.15) is 11.4 Å². The fourth-order valence-corrected chi connectivity index (χ4v) is 2.39. The summed E-state index contributed by atoms with van der Waals surface area (Å²) in [4.78, 5) is 9.65. The third-order valence-corrected chi connectivity index (χ3v) is 4.08. The normalized spacial score (nSPS) is 11.7. The molecule has 0 saturated heterocycles. The summed E-state index contributed by atoms with van der Waals surface area (Å²) >= 11 is 11.8. The summed E-state index contributed by atoms with van der Waals surface area (Å²) in [7, 11) is 3.79. The molecule has 2 N–H and O–H groups in total. The van der Waals surface area contributed by atoms with Crippen LogP contribution < -0.4 is 10.6 Å². The second-order valence-corrected chi connectivity index (χ2v) is 6.61. The molecule has 1 heterocycles. The van der Waals surface area contributed by atoms with Crippen LogP contribution in [0.15, 0.2) is 24.4 Å². The van der Waals surface area contributed by atoms with E-state index in [9.17, 15) is 13.2 Å². The molecule has 0 aliphatic heterocycles. The molecule has 142 valence electrons. The lowest BCUT2D eigenvalue weighted by Gasteiger charge is -2.15. The number of nitrogens with zero attached hydrogens (tertiary/aromatic N) is 3. The summed E-state index contributed by atoms with van der Waals surface area (Å²) in [5.41, 5.74) is -0.403. The van der Waals surface area contributed by atoms with Crippen LogP contribution in [0.1, 0.15) is 12.0 Å². The Morgan fingerprint density at radius 2 is 1.88 bits per heavy atom. The topological polar surface area (TPSA) is 53.1 Å². The fraction of sp³-hybridized carbons (Fsp3) is 0.375. The summed E-state index contributed by atoms with van der Waals surface area (Å²) < 4.78 is 39.5. The first kappa shape index (κ1) is 20.5. The highest BCUT2D eigenvalue weighted by molar-refractivity contribution is 6.42. The van der Waals surface area contributed by atoms with Crippen molar-refractivity contribution in [3.8, 4) is 0 Å². The zero-order valence-corrected chi connectivity index (χ0v) is 15.7. The molecule has 0 aliphatic rings. The molecule has 0 amide bonds. The number of halogens is 5. The quantitative estimate of drug-likeness (QED) is 0.638. The third-order valence-electron chi connectivity index (χ3n) is 3.34. The predicted octanol–water partition coefficient (Wildman–Crippen LogP) is 4.91. The van der Waals surface area contributed by atoms with E-state index in [1.54, 1.807) is 12.1 Å². The van der Waals surface area contributed by atoms with E-state index < -0.39 is 11.7 Å². The SMILES string of the molecule is CN(C)CCCNc1nc(Nc2ccc(Cl)c(Cl)c2)ncc1C(F)(F)F. The van der Waals surface area contributed by atoms with Crippen molar-refractivity contribution in [2.75, 3.05) is 37.8 Å². The van der Waals surface area contributed by atoms with Gasteiger partial charge in [0.2, 0.25) is 5.95 Å². The number of rotatable bonds is 7. The molecule has 0 bridgehead atoms. The third kappa shape index (κ3) is 5.89. The molecule has 0 fully saturated rings. The van der Waals surface area contributed by atoms with Crippen LogP contribution in [-0.4, -0.2) is 42.1 Å². The van der Waals surface area contributed by atoms with Crippen molar-refractivity contribution >= 4 is 40.7 Å². The largest absolute Gasteiger partial charge is 0.421 e. The monoisotopic (exact) mass is 407 g/mol. The van der Waals surface area contributed by atoms with Gasteiger partial charge in [0.25, 0.3) is 0 Å². The van der Waals surface area contributed by atoms with Gasteiger partial charge < -0.3 is 15.5 Å². The van der Waals surface area contributed by atoms with Gasteiger partial charge in [-0.3, -0.25) is 0 Å². The van der Waals surface area contributed by atoms with E-state index in [0.717, 1.165) is 12.7 Å². The molecule has 0 unspecified atom stereocenters. The average molecular weight is 408 g/mol. The van der Waals surface area contributed by atoms with Crippen molar-refractivity contribution in [1.29, 1.82) is 0 Å². The van der Waals surface area contributed by atoms with Crippen LogP contribution in [0.25, 0.3) is 0 Å². The smallest absolute Gasteiger partial charge is 0.369 e. The lowest BCUT2D eigenvalue weighted by Crippen LogP contribution is -2.19. The van der Waals surface area contributed by atoms with E-state index in [0.29, 0.717) is 28.7 Å². The van der Waals surface area contributed by atoms with Crippen LogP contribution in [0.4, 0.5) is 30.6 Å². The second kappa shape index (κ2) is 8.75. The van der Waals surface area contributed by atoms with Gasteiger partial charge in [-0.15, -0.1) is 0 Å². The molecule has 26 heavy (non-hydrogen) atoms. The summed E-state index contributed by atoms with van der Waals surface area (Å²) in [6, 6.07) is 4.73. The van der Waals surface area contributed by atoms with Crippen LogP contribution in [0.3, 0.4) is 0 Å². The van der Waals surface area contributed by atoms with E-state index in [1.807, 2.05) is 19.0 Å². The highest BCUT2D eigenvalue weighted by Gasteiger charge is 2.35. The van der Waals surface area contributed by atoms with E-state index >= 15 is 0 Å². The van der Waals surface area contributed by atoms with Crippen LogP contribution in [0, 0.1) is 0 Å². The van der Waals surface area contributed by atoms with E-state index in [-0.39, 0.29) is 11.8 Å². The molecule has 5 nitrogen and oxygen atoms in total. The summed E-state index contributed by atoms with van der Waals surface area (Å²) in [6.45, 7) is 1.10.